The molecule has 2 aliphatic carbocycles. The van der Waals surface area contributed by atoms with Crippen molar-refractivity contribution in [2.24, 2.45) is 11.1 Å². The van der Waals surface area contributed by atoms with Gasteiger partial charge in [0, 0.05) is 24.5 Å². The van der Waals surface area contributed by atoms with E-state index >= 15 is 0 Å². The zero-order valence-electron chi connectivity index (χ0n) is 18.1. The van der Waals surface area contributed by atoms with Crippen molar-refractivity contribution in [1.82, 2.24) is 24.9 Å². The van der Waals surface area contributed by atoms with E-state index in [0.29, 0.717) is 27.9 Å². The van der Waals surface area contributed by atoms with Gasteiger partial charge in [0.05, 0.1) is 41.0 Å². The molecule has 0 aliphatic heterocycles. The van der Waals surface area contributed by atoms with Gasteiger partial charge in [0.15, 0.2) is 0 Å². The Morgan fingerprint density at radius 2 is 2.06 bits per heavy atom. The van der Waals surface area contributed by atoms with E-state index in [1.807, 2.05) is 0 Å². The number of pyridine rings is 1. The molecule has 35 heavy (non-hydrogen) atoms. The lowest BCUT2D eigenvalue weighted by molar-refractivity contribution is -0.182. The summed E-state index contributed by atoms with van der Waals surface area (Å²) in [6, 6.07) is 2.79. The standard InChI is InChI=1S/C22H20F5N7O/c23-17(24)9-29-19(35)14-8-32-34-4-1-11(5-16(14)34)12-6-15(28)18-13(12)7-30-20(33-18)31-10-21(2-3-21)22(25,26)27/h1,4-8,15,17H,2-3,9-10,28H2,(H,29,35)(H,30,31,33)/t15-/m0/s1. The number of anilines is 1. The van der Waals surface area contributed by atoms with Crippen molar-refractivity contribution in [3.63, 3.8) is 0 Å². The lowest BCUT2D eigenvalue weighted by Gasteiger charge is -2.19. The van der Waals surface area contributed by atoms with Crippen LogP contribution in [0.1, 0.15) is 46.1 Å². The highest BCUT2D eigenvalue weighted by molar-refractivity contribution is 6.01. The highest BCUT2D eigenvalue weighted by atomic mass is 19.4. The van der Waals surface area contributed by atoms with E-state index in [1.54, 1.807) is 24.4 Å². The molecular formula is C22H20F5N7O. The van der Waals surface area contributed by atoms with Crippen LogP contribution >= 0.6 is 0 Å². The number of carbonyl (C=O) groups excluding carboxylic acids is 1. The molecule has 13 heteroatoms. The molecule has 8 nitrogen and oxygen atoms in total. The number of hydrogen-bond acceptors (Lipinski definition) is 6. The molecule has 1 atom stereocenters. The van der Waals surface area contributed by atoms with Crippen LogP contribution < -0.4 is 16.4 Å². The number of halogens is 5. The summed E-state index contributed by atoms with van der Waals surface area (Å²) in [6.07, 6.45) is -0.700. The molecule has 0 radical (unpaired) electrons. The Morgan fingerprint density at radius 1 is 1.29 bits per heavy atom. The fraction of sp³-hybridized carbons (Fsp3) is 0.364. The van der Waals surface area contributed by atoms with Gasteiger partial charge in [0.2, 0.25) is 5.95 Å². The predicted octanol–water partition coefficient (Wildman–Crippen LogP) is 3.32. The molecule has 0 aromatic carbocycles. The summed E-state index contributed by atoms with van der Waals surface area (Å²) in [5.41, 5.74) is 7.41. The topological polar surface area (TPSA) is 110 Å². The molecule has 1 fully saturated rings. The van der Waals surface area contributed by atoms with Gasteiger partial charge in [0.1, 0.15) is 0 Å². The maximum absolute atomic E-state index is 13.2. The first-order valence-corrected chi connectivity index (χ1v) is 10.8. The second-order valence-electron chi connectivity index (χ2n) is 8.63. The van der Waals surface area contributed by atoms with Crippen molar-refractivity contribution in [3.05, 3.63) is 59.2 Å². The number of nitrogens with two attached hydrogens (primary N) is 1. The van der Waals surface area contributed by atoms with E-state index in [2.05, 4.69) is 25.7 Å². The van der Waals surface area contributed by atoms with Crippen LogP contribution in [0.25, 0.3) is 11.1 Å². The normalized spacial score (nSPS) is 18.5. The maximum Gasteiger partial charge on any atom is 0.396 e. The molecule has 0 spiro atoms. The quantitative estimate of drug-likeness (QED) is 0.436. The molecule has 0 unspecified atom stereocenters. The van der Waals surface area contributed by atoms with Crippen molar-refractivity contribution < 1.29 is 26.7 Å². The van der Waals surface area contributed by atoms with E-state index in [0.717, 1.165) is 0 Å². The minimum atomic E-state index is -4.29. The Hall–Kier alpha value is -3.61. The van der Waals surface area contributed by atoms with Crippen molar-refractivity contribution >= 4 is 22.9 Å². The molecule has 3 aromatic rings. The SMILES string of the molecule is N[C@H]1C=C(c2ccn3ncc(C(=O)NCC(F)F)c3c2)c2cnc(NCC3(C(F)(F)F)CC3)nc21. The van der Waals surface area contributed by atoms with Gasteiger partial charge in [-0.05, 0) is 36.1 Å². The molecule has 184 valence electrons. The predicted molar refractivity (Wildman–Crippen MR) is 116 cm³/mol. The van der Waals surface area contributed by atoms with E-state index < -0.39 is 36.5 Å². The smallest absolute Gasteiger partial charge is 0.353 e. The third kappa shape index (κ3) is 4.20. The summed E-state index contributed by atoms with van der Waals surface area (Å²) in [6.45, 7) is -1.08. The number of fused-ring (bicyclic) bond motifs is 2. The van der Waals surface area contributed by atoms with E-state index in [9.17, 15) is 26.7 Å². The Labute approximate surface area is 195 Å². The van der Waals surface area contributed by atoms with Crippen LogP contribution in [0.2, 0.25) is 0 Å². The number of amides is 1. The number of nitrogens with zero attached hydrogens (tertiary/aromatic N) is 4. The highest BCUT2D eigenvalue weighted by Crippen LogP contribution is 2.57. The van der Waals surface area contributed by atoms with Gasteiger partial charge in [-0.2, -0.15) is 18.3 Å². The largest absolute Gasteiger partial charge is 0.396 e. The van der Waals surface area contributed by atoms with Crippen LogP contribution in [-0.2, 0) is 0 Å². The van der Waals surface area contributed by atoms with Gasteiger partial charge in [-0.25, -0.2) is 23.3 Å². The summed E-state index contributed by atoms with van der Waals surface area (Å²) in [7, 11) is 0. The molecule has 2 aliphatic rings. The van der Waals surface area contributed by atoms with E-state index in [-0.39, 0.29) is 30.9 Å². The summed E-state index contributed by atoms with van der Waals surface area (Å²) < 4.78 is 65.9. The average Bonchev–Trinajstić information content (AvgIpc) is 3.41. The minimum Gasteiger partial charge on any atom is -0.353 e. The van der Waals surface area contributed by atoms with E-state index in [1.165, 1.54) is 16.9 Å². The molecule has 1 amide bonds. The van der Waals surface area contributed by atoms with Gasteiger partial charge in [-0.1, -0.05) is 6.08 Å². The van der Waals surface area contributed by atoms with Crippen molar-refractivity contribution in [2.75, 3.05) is 18.4 Å². The first kappa shape index (κ1) is 23.1. The zero-order valence-corrected chi connectivity index (χ0v) is 18.1. The third-order valence-electron chi connectivity index (χ3n) is 6.30. The fourth-order valence-electron chi connectivity index (χ4n) is 4.09. The van der Waals surface area contributed by atoms with Gasteiger partial charge < -0.3 is 16.4 Å². The van der Waals surface area contributed by atoms with Crippen molar-refractivity contribution in [2.45, 2.75) is 31.5 Å². The van der Waals surface area contributed by atoms with Crippen LogP contribution in [0.15, 0.2) is 36.8 Å². The van der Waals surface area contributed by atoms with Gasteiger partial charge in [-0.15, -0.1) is 0 Å². The Morgan fingerprint density at radius 3 is 2.74 bits per heavy atom. The molecular weight excluding hydrogens is 473 g/mol. The van der Waals surface area contributed by atoms with Gasteiger partial charge in [0.25, 0.3) is 12.3 Å². The van der Waals surface area contributed by atoms with Crippen LogP contribution in [0.5, 0.6) is 0 Å². The third-order valence-corrected chi connectivity index (χ3v) is 6.30. The molecule has 4 N–H and O–H groups in total. The molecule has 0 bridgehead atoms. The number of carbonyl (C=O) groups is 1. The van der Waals surface area contributed by atoms with Crippen LogP contribution in [0, 0.1) is 5.41 Å². The second kappa shape index (κ2) is 8.26. The molecule has 0 saturated heterocycles. The number of hydrogen-bond donors (Lipinski definition) is 3. The van der Waals surface area contributed by atoms with Crippen molar-refractivity contribution in [1.29, 1.82) is 0 Å². The molecule has 1 saturated carbocycles. The highest BCUT2D eigenvalue weighted by Gasteiger charge is 2.63. The summed E-state index contributed by atoms with van der Waals surface area (Å²) >= 11 is 0. The van der Waals surface area contributed by atoms with Crippen LogP contribution in [0.4, 0.5) is 27.9 Å². The number of nitrogens with one attached hydrogen (secondary N) is 2. The summed E-state index contributed by atoms with van der Waals surface area (Å²) in [5, 5.41) is 8.92. The van der Waals surface area contributed by atoms with Crippen LogP contribution in [-0.4, -0.2) is 51.2 Å². The van der Waals surface area contributed by atoms with E-state index in [4.69, 9.17) is 5.73 Å². The average molecular weight is 493 g/mol. The molecule has 3 aromatic heterocycles. The summed E-state index contributed by atoms with van der Waals surface area (Å²) in [4.78, 5) is 20.8. The fourth-order valence-corrected chi connectivity index (χ4v) is 4.09. The maximum atomic E-state index is 13.2. The van der Waals surface area contributed by atoms with Gasteiger partial charge >= 0.3 is 6.18 Å². The van der Waals surface area contributed by atoms with Crippen molar-refractivity contribution in [3.8, 4) is 0 Å². The molecule has 3 heterocycles. The lowest BCUT2D eigenvalue weighted by Crippen LogP contribution is -2.32. The monoisotopic (exact) mass is 493 g/mol. The minimum absolute atomic E-state index is 0.0635. The Kier molecular flexibility index (Phi) is 5.46. The zero-order chi connectivity index (χ0) is 25.0. The first-order chi connectivity index (χ1) is 16.6. The van der Waals surface area contributed by atoms with Gasteiger partial charge in [-0.3, -0.25) is 4.79 Å². The Bertz CT molecular complexity index is 1330. The Balaban J connectivity index is 1.39. The number of alkyl halides is 5. The number of aromatic nitrogens is 4. The second-order valence-corrected chi connectivity index (χ2v) is 8.63. The van der Waals surface area contributed by atoms with Crippen LogP contribution in [0.3, 0.4) is 0 Å². The molecule has 5 rings (SSSR count). The number of rotatable bonds is 7. The summed E-state index contributed by atoms with van der Waals surface area (Å²) in [5.74, 6) is -0.616. The first-order valence-electron chi connectivity index (χ1n) is 10.8. The lowest BCUT2D eigenvalue weighted by atomic mass is 10.0.